The maximum Gasteiger partial charge on any atom is 0.417 e. The van der Waals surface area contributed by atoms with Crippen molar-refractivity contribution in [3.05, 3.63) is 29.3 Å². The van der Waals surface area contributed by atoms with Crippen LogP contribution >= 0.6 is 11.8 Å². The van der Waals surface area contributed by atoms with Gasteiger partial charge in [-0.1, -0.05) is 0 Å². The third-order valence-electron chi connectivity index (χ3n) is 3.41. The maximum atomic E-state index is 12.7. The number of carbonyl (C=O) groups is 1. The minimum absolute atomic E-state index is 0.145. The molecule has 0 bridgehead atoms. The molecule has 7 heteroatoms. The molecule has 0 amide bonds. The number of nitrogens with one attached hydrogen (secondary N) is 1. The summed E-state index contributed by atoms with van der Waals surface area (Å²) >= 11 is 1.72. The Morgan fingerprint density at radius 1 is 1.45 bits per heavy atom. The molecule has 0 heterocycles. The van der Waals surface area contributed by atoms with E-state index < -0.39 is 23.3 Å². The van der Waals surface area contributed by atoms with E-state index in [1.54, 1.807) is 11.8 Å². The van der Waals surface area contributed by atoms with Crippen LogP contribution in [0.3, 0.4) is 0 Å². The lowest BCUT2D eigenvalue weighted by Gasteiger charge is -2.16. The molecule has 3 nitrogen and oxygen atoms in total. The molecule has 110 valence electrons. The molecular formula is C13H14F3NO2S. The standard InChI is InChI=1S/C13H14F3NO2S/c1-20-12(4-5-12)7-17-8-2-3-10(13(14,15)16)9(6-8)11(18)19/h2-3,6,17H,4-5,7H2,1H3,(H,18,19). The van der Waals surface area contributed by atoms with Crippen LogP contribution in [-0.4, -0.2) is 28.6 Å². The minimum atomic E-state index is -4.66. The van der Waals surface area contributed by atoms with Crippen LogP contribution in [0, 0.1) is 0 Å². The number of benzene rings is 1. The second-order valence-corrected chi connectivity index (χ2v) is 6.08. The van der Waals surface area contributed by atoms with Gasteiger partial charge in [0, 0.05) is 17.0 Å². The summed E-state index contributed by atoms with van der Waals surface area (Å²) in [6.45, 7) is 0.624. The molecule has 2 N–H and O–H groups in total. The Kier molecular flexibility index (Phi) is 3.90. The van der Waals surface area contributed by atoms with Crippen LogP contribution in [0.2, 0.25) is 0 Å². The third kappa shape index (κ3) is 3.20. The van der Waals surface area contributed by atoms with E-state index >= 15 is 0 Å². The van der Waals surface area contributed by atoms with Crippen molar-refractivity contribution in [2.45, 2.75) is 23.8 Å². The number of carboxylic acid groups (broad SMARTS) is 1. The SMILES string of the molecule is CSC1(CNc2ccc(C(F)(F)F)c(C(=O)O)c2)CC1. The molecule has 20 heavy (non-hydrogen) atoms. The molecule has 0 unspecified atom stereocenters. The van der Waals surface area contributed by atoms with Gasteiger partial charge in [-0.15, -0.1) is 0 Å². The first kappa shape index (κ1) is 15.0. The van der Waals surface area contributed by atoms with Crippen LogP contribution in [0.25, 0.3) is 0 Å². The van der Waals surface area contributed by atoms with Crippen LogP contribution in [0.1, 0.15) is 28.8 Å². The van der Waals surface area contributed by atoms with E-state index in [1.807, 2.05) is 6.26 Å². The van der Waals surface area contributed by atoms with Gasteiger partial charge in [0.25, 0.3) is 0 Å². The minimum Gasteiger partial charge on any atom is -0.478 e. The number of thioether (sulfide) groups is 1. The van der Waals surface area contributed by atoms with Gasteiger partial charge in [-0.2, -0.15) is 24.9 Å². The van der Waals surface area contributed by atoms with Gasteiger partial charge in [0.2, 0.25) is 0 Å². The van der Waals surface area contributed by atoms with Crippen molar-refractivity contribution in [1.82, 2.24) is 0 Å². The summed E-state index contributed by atoms with van der Waals surface area (Å²) in [4.78, 5) is 11.0. The number of carboxylic acids is 1. The Balaban J connectivity index is 2.20. The first-order valence-corrected chi connectivity index (χ1v) is 7.23. The molecule has 1 aliphatic carbocycles. The van der Waals surface area contributed by atoms with Crippen LogP contribution in [0.4, 0.5) is 18.9 Å². The first-order valence-electron chi connectivity index (χ1n) is 6.01. The number of alkyl halides is 3. The number of hydrogen-bond donors (Lipinski definition) is 2. The lowest BCUT2D eigenvalue weighted by atomic mass is 10.1. The summed E-state index contributed by atoms with van der Waals surface area (Å²) in [6.07, 6.45) is -0.547. The molecule has 0 radical (unpaired) electrons. The lowest BCUT2D eigenvalue weighted by molar-refractivity contribution is -0.138. The maximum absolute atomic E-state index is 12.7. The van der Waals surface area contributed by atoms with Crippen molar-refractivity contribution >= 4 is 23.4 Å². The quantitative estimate of drug-likeness (QED) is 0.870. The molecule has 1 saturated carbocycles. The van der Waals surface area contributed by atoms with E-state index in [9.17, 15) is 18.0 Å². The highest BCUT2D eigenvalue weighted by molar-refractivity contribution is 8.00. The summed E-state index contributed by atoms with van der Waals surface area (Å²) in [7, 11) is 0. The Bertz CT molecular complexity index is 527. The van der Waals surface area contributed by atoms with Gasteiger partial charge < -0.3 is 10.4 Å². The van der Waals surface area contributed by atoms with E-state index in [0.717, 1.165) is 25.0 Å². The molecule has 0 atom stereocenters. The monoisotopic (exact) mass is 305 g/mol. The fourth-order valence-electron chi connectivity index (χ4n) is 1.93. The zero-order chi connectivity index (χ0) is 15.0. The van der Waals surface area contributed by atoms with Gasteiger partial charge >= 0.3 is 12.1 Å². The normalized spacial score (nSPS) is 16.8. The summed E-state index contributed by atoms with van der Waals surface area (Å²) in [5, 5.41) is 11.9. The van der Waals surface area contributed by atoms with Crippen molar-refractivity contribution in [3.8, 4) is 0 Å². The predicted molar refractivity (Wildman–Crippen MR) is 72.4 cm³/mol. The Morgan fingerprint density at radius 2 is 2.10 bits per heavy atom. The van der Waals surface area contributed by atoms with Crippen molar-refractivity contribution in [2.75, 3.05) is 18.1 Å². The van der Waals surface area contributed by atoms with Gasteiger partial charge in [-0.25, -0.2) is 4.79 Å². The topological polar surface area (TPSA) is 49.3 Å². The van der Waals surface area contributed by atoms with E-state index in [4.69, 9.17) is 5.11 Å². The Labute approximate surface area is 118 Å². The first-order chi connectivity index (χ1) is 9.27. The third-order valence-corrected chi connectivity index (χ3v) is 4.83. The van der Waals surface area contributed by atoms with Gasteiger partial charge in [0.1, 0.15) is 0 Å². The Hall–Kier alpha value is -1.37. The summed E-state index contributed by atoms with van der Waals surface area (Å²) in [5.74, 6) is -1.58. The highest BCUT2D eigenvalue weighted by atomic mass is 32.2. The Morgan fingerprint density at radius 3 is 2.55 bits per heavy atom. The average molecular weight is 305 g/mol. The van der Waals surface area contributed by atoms with Gasteiger partial charge in [0.05, 0.1) is 11.1 Å². The lowest BCUT2D eigenvalue weighted by Crippen LogP contribution is -2.18. The number of aromatic carboxylic acids is 1. The molecule has 0 aliphatic heterocycles. The van der Waals surface area contributed by atoms with Crippen LogP contribution in [-0.2, 0) is 6.18 Å². The molecule has 0 saturated heterocycles. The fraction of sp³-hybridized carbons (Fsp3) is 0.462. The second-order valence-electron chi connectivity index (χ2n) is 4.80. The zero-order valence-corrected chi connectivity index (χ0v) is 11.6. The van der Waals surface area contributed by atoms with E-state index in [0.29, 0.717) is 12.2 Å². The molecular weight excluding hydrogens is 291 g/mol. The summed E-state index contributed by atoms with van der Waals surface area (Å²) < 4.78 is 38.2. The van der Waals surface area contributed by atoms with Crippen LogP contribution in [0.5, 0.6) is 0 Å². The van der Waals surface area contributed by atoms with Crippen molar-refractivity contribution in [2.24, 2.45) is 0 Å². The number of hydrogen-bond acceptors (Lipinski definition) is 3. The van der Waals surface area contributed by atoms with E-state index in [-0.39, 0.29) is 4.75 Å². The molecule has 1 aromatic rings. The smallest absolute Gasteiger partial charge is 0.417 e. The highest BCUT2D eigenvalue weighted by Gasteiger charge is 2.41. The fourth-order valence-corrected chi connectivity index (χ4v) is 2.66. The van der Waals surface area contributed by atoms with Gasteiger partial charge in [-0.05, 0) is 37.3 Å². The number of halogens is 3. The van der Waals surface area contributed by atoms with Gasteiger partial charge in [0.15, 0.2) is 0 Å². The molecule has 0 spiro atoms. The molecule has 1 aromatic carbocycles. The molecule has 1 aliphatic rings. The highest BCUT2D eigenvalue weighted by Crippen LogP contribution is 2.47. The summed E-state index contributed by atoms with van der Waals surface area (Å²) in [5.41, 5.74) is -1.45. The second kappa shape index (κ2) is 5.20. The molecule has 1 fully saturated rings. The number of anilines is 1. The average Bonchev–Trinajstić information content (AvgIpc) is 3.15. The molecule has 2 rings (SSSR count). The van der Waals surface area contributed by atoms with Gasteiger partial charge in [-0.3, -0.25) is 0 Å². The van der Waals surface area contributed by atoms with Crippen molar-refractivity contribution < 1.29 is 23.1 Å². The molecule has 0 aromatic heterocycles. The largest absolute Gasteiger partial charge is 0.478 e. The van der Waals surface area contributed by atoms with Crippen LogP contribution in [0.15, 0.2) is 18.2 Å². The van der Waals surface area contributed by atoms with Crippen LogP contribution < -0.4 is 5.32 Å². The predicted octanol–water partition coefficient (Wildman–Crippen LogP) is 3.71. The number of rotatable bonds is 5. The van der Waals surface area contributed by atoms with Crippen molar-refractivity contribution in [1.29, 1.82) is 0 Å². The van der Waals surface area contributed by atoms with E-state index in [2.05, 4.69) is 5.32 Å². The zero-order valence-electron chi connectivity index (χ0n) is 10.8. The summed E-state index contributed by atoms with van der Waals surface area (Å²) in [6, 6.07) is 3.12. The van der Waals surface area contributed by atoms with E-state index in [1.165, 1.54) is 6.07 Å². The van der Waals surface area contributed by atoms with Crippen molar-refractivity contribution in [3.63, 3.8) is 0 Å².